The number of fused-ring (bicyclic) bond motifs is 8. The van der Waals surface area contributed by atoms with Crippen molar-refractivity contribution < 1.29 is 0 Å². The van der Waals surface area contributed by atoms with E-state index in [0.29, 0.717) is 11.8 Å². The molecule has 0 fully saturated rings. The summed E-state index contributed by atoms with van der Waals surface area (Å²) in [5.74, 6) is 2.14. The first-order valence-corrected chi connectivity index (χ1v) is 18.5. The van der Waals surface area contributed by atoms with Crippen LogP contribution < -0.4 is 0 Å². The third-order valence-electron chi connectivity index (χ3n) is 10.9. The van der Waals surface area contributed by atoms with Gasteiger partial charge < -0.3 is 4.57 Å². The molecule has 1 aliphatic carbocycles. The molecule has 1 atom stereocenters. The van der Waals surface area contributed by atoms with E-state index in [4.69, 9.17) is 15.0 Å². The molecule has 3 heterocycles. The maximum absolute atomic E-state index is 5.22. The number of benzene rings is 7. The van der Waals surface area contributed by atoms with Gasteiger partial charge in [-0.2, -0.15) is 9.97 Å². The highest BCUT2D eigenvalue weighted by atomic mass is 15.2. The van der Waals surface area contributed by atoms with Gasteiger partial charge in [-0.05, 0) is 70.8 Å². The van der Waals surface area contributed by atoms with Gasteiger partial charge in [-0.3, -0.25) is 4.57 Å². The summed E-state index contributed by atoms with van der Waals surface area (Å²) in [6.45, 7) is 0. The van der Waals surface area contributed by atoms with Crippen LogP contribution in [0.5, 0.6) is 0 Å². The van der Waals surface area contributed by atoms with Gasteiger partial charge in [0.15, 0.2) is 5.82 Å². The average molecular weight is 692 g/mol. The predicted octanol–water partition coefficient (Wildman–Crippen LogP) is 12.2. The number of aromatic nitrogens is 5. The monoisotopic (exact) mass is 691 g/mol. The second-order valence-electron chi connectivity index (χ2n) is 14.0. The quantitative estimate of drug-likeness (QED) is 0.180. The van der Waals surface area contributed by atoms with Crippen molar-refractivity contribution in [3.63, 3.8) is 0 Å². The Morgan fingerprint density at radius 2 is 1.17 bits per heavy atom. The van der Waals surface area contributed by atoms with Gasteiger partial charge in [0.2, 0.25) is 5.95 Å². The van der Waals surface area contributed by atoms with E-state index in [1.54, 1.807) is 0 Å². The van der Waals surface area contributed by atoms with Gasteiger partial charge in [-0.15, -0.1) is 0 Å². The SMILES string of the molecule is C1=CC[C@@H](c2nc(-c3ccccc3)nc(-n3c4ccccc4c4ccc(-c5ccc6c(c5)c5c7ccccc7ccc5n6-c5ccccc5)cc43)n2)C=C1. The highest BCUT2D eigenvalue weighted by Gasteiger charge is 2.21. The van der Waals surface area contributed by atoms with Crippen LogP contribution in [0.3, 0.4) is 0 Å². The predicted molar refractivity (Wildman–Crippen MR) is 223 cm³/mol. The fourth-order valence-corrected chi connectivity index (χ4v) is 8.33. The maximum atomic E-state index is 5.22. The third-order valence-corrected chi connectivity index (χ3v) is 10.9. The largest absolute Gasteiger partial charge is 0.309 e. The third kappa shape index (κ3) is 4.82. The average Bonchev–Trinajstić information content (AvgIpc) is 3.77. The summed E-state index contributed by atoms with van der Waals surface area (Å²) in [5.41, 5.74) is 8.91. The summed E-state index contributed by atoms with van der Waals surface area (Å²) in [7, 11) is 0. The Morgan fingerprint density at radius 3 is 2.02 bits per heavy atom. The standard InChI is InChI=1S/C49H33N5/c1-4-15-33(16-5-1)47-50-48(34-17-6-2-7-18-34)52-49(51-47)54-42-23-13-12-22-39(42)40-27-24-36(31-45(40)54)35-26-28-43-41(30-35)46-38-21-11-10-14-32(38)25-29-44(46)53(43)37-19-8-3-9-20-37/h1-17,19-31,34H,18H2/t34-/m0/s1. The molecule has 10 aromatic rings. The van der Waals surface area contributed by atoms with E-state index in [-0.39, 0.29) is 5.92 Å². The second kappa shape index (κ2) is 12.2. The van der Waals surface area contributed by atoms with E-state index in [9.17, 15) is 0 Å². The van der Waals surface area contributed by atoms with E-state index in [1.807, 2.05) is 18.2 Å². The Hall–Kier alpha value is -7.11. The van der Waals surface area contributed by atoms with Crippen LogP contribution >= 0.6 is 0 Å². The Kier molecular flexibility index (Phi) is 6.92. The van der Waals surface area contributed by atoms with Gasteiger partial charge in [-0.25, -0.2) is 4.98 Å². The molecule has 0 saturated heterocycles. The molecule has 0 amide bonds. The summed E-state index contributed by atoms with van der Waals surface area (Å²) in [6.07, 6.45) is 9.39. The number of allylic oxidation sites excluding steroid dienone is 4. The molecular weight excluding hydrogens is 659 g/mol. The van der Waals surface area contributed by atoms with Gasteiger partial charge in [0, 0.05) is 38.7 Å². The minimum atomic E-state index is 0.0729. The topological polar surface area (TPSA) is 48.5 Å². The Labute approximate surface area is 311 Å². The summed E-state index contributed by atoms with van der Waals surface area (Å²) >= 11 is 0. The molecule has 5 nitrogen and oxygen atoms in total. The van der Waals surface area contributed by atoms with Crippen molar-refractivity contribution in [2.75, 3.05) is 0 Å². The molecule has 0 saturated carbocycles. The molecule has 5 heteroatoms. The van der Waals surface area contributed by atoms with Gasteiger partial charge in [0.1, 0.15) is 5.82 Å². The molecule has 0 unspecified atom stereocenters. The Balaban J connectivity index is 1.15. The van der Waals surface area contributed by atoms with Crippen molar-refractivity contribution in [2.24, 2.45) is 0 Å². The number of hydrogen-bond donors (Lipinski definition) is 0. The van der Waals surface area contributed by atoms with Gasteiger partial charge in [-0.1, -0.05) is 140 Å². The number of rotatable bonds is 5. The van der Waals surface area contributed by atoms with Gasteiger partial charge in [0.25, 0.3) is 0 Å². The van der Waals surface area contributed by atoms with E-state index in [2.05, 4.69) is 173 Å². The zero-order valence-electron chi connectivity index (χ0n) is 29.3. The van der Waals surface area contributed by atoms with Crippen LogP contribution in [0.4, 0.5) is 0 Å². The van der Waals surface area contributed by atoms with Crippen molar-refractivity contribution in [3.8, 4) is 34.2 Å². The van der Waals surface area contributed by atoms with Crippen LogP contribution in [0.25, 0.3) is 88.5 Å². The van der Waals surface area contributed by atoms with Crippen molar-refractivity contribution in [2.45, 2.75) is 12.3 Å². The Morgan fingerprint density at radius 1 is 0.463 bits per heavy atom. The molecule has 3 aromatic heterocycles. The van der Waals surface area contributed by atoms with E-state index in [0.717, 1.165) is 56.4 Å². The molecule has 0 aliphatic heterocycles. The maximum Gasteiger partial charge on any atom is 0.238 e. The molecule has 0 N–H and O–H groups in total. The summed E-state index contributed by atoms with van der Waals surface area (Å²) in [5, 5.41) is 7.31. The molecule has 0 radical (unpaired) electrons. The zero-order chi connectivity index (χ0) is 35.6. The molecule has 54 heavy (non-hydrogen) atoms. The normalized spacial score (nSPS) is 14.3. The zero-order valence-corrected chi connectivity index (χ0v) is 29.3. The van der Waals surface area contributed by atoms with Crippen LogP contribution in [0, 0.1) is 0 Å². The molecule has 11 rings (SSSR count). The highest BCUT2D eigenvalue weighted by Crippen LogP contribution is 2.40. The Bertz CT molecular complexity index is 3130. The lowest BCUT2D eigenvalue weighted by Gasteiger charge is -2.15. The minimum absolute atomic E-state index is 0.0729. The van der Waals surface area contributed by atoms with Crippen molar-refractivity contribution in [1.82, 2.24) is 24.1 Å². The van der Waals surface area contributed by atoms with Crippen LogP contribution in [0.1, 0.15) is 18.2 Å². The first kappa shape index (κ1) is 30.5. The number of hydrogen-bond acceptors (Lipinski definition) is 3. The molecular formula is C49H33N5. The second-order valence-corrected chi connectivity index (χ2v) is 14.0. The molecule has 0 bridgehead atoms. The van der Waals surface area contributed by atoms with Crippen molar-refractivity contribution in [3.05, 3.63) is 188 Å². The van der Waals surface area contributed by atoms with Crippen molar-refractivity contribution >= 4 is 54.4 Å². The first-order chi connectivity index (χ1) is 26.8. The fraction of sp³-hybridized carbons (Fsp3) is 0.0408. The fourth-order valence-electron chi connectivity index (χ4n) is 8.33. The molecule has 0 spiro atoms. The smallest absolute Gasteiger partial charge is 0.238 e. The van der Waals surface area contributed by atoms with Crippen LogP contribution in [-0.2, 0) is 0 Å². The minimum Gasteiger partial charge on any atom is -0.309 e. The lowest BCUT2D eigenvalue weighted by atomic mass is 9.99. The van der Waals surface area contributed by atoms with Crippen LogP contribution in [0.2, 0.25) is 0 Å². The lowest BCUT2D eigenvalue weighted by molar-refractivity contribution is 0.750. The number of nitrogens with zero attached hydrogens (tertiary/aromatic N) is 5. The van der Waals surface area contributed by atoms with Gasteiger partial charge in [0.05, 0.1) is 22.1 Å². The molecule has 1 aliphatic rings. The highest BCUT2D eigenvalue weighted by molar-refractivity contribution is 6.22. The lowest BCUT2D eigenvalue weighted by Crippen LogP contribution is -2.11. The summed E-state index contributed by atoms with van der Waals surface area (Å²) in [4.78, 5) is 15.4. The van der Waals surface area contributed by atoms with Crippen LogP contribution in [0.15, 0.2) is 182 Å². The number of para-hydroxylation sites is 2. The van der Waals surface area contributed by atoms with E-state index in [1.165, 1.54) is 32.6 Å². The van der Waals surface area contributed by atoms with E-state index < -0.39 is 0 Å². The van der Waals surface area contributed by atoms with Gasteiger partial charge >= 0.3 is 0 Å². The van der Waals surface area contributed by atoms with E-state index >= 15 is 0 Å². The van der Waals surface area contributed by atoms with Crippen LogP contribution in [-0.4, -0.2) is 24.1 Å². The molecule has 254 valence electrons. The summed E-state index contributed by atoms with van der Waals surface area (Å²) in [6, 6.07) is 56.4. The van der Waals surface area contributed by atoms with Crippen molar-refractivity contribution in [1.29, 1.82) is 0 Å². The molecule has 7 aromatic carbocycles. The first-order valence-electron chi connectivity index (χ1n) is 18.5. The summed E-state index contributed by atoms with van der Waals surface area (Å²) < 4.78 is 4.61.